The smallest absolute Gasteiger partial charge is 0.191 e. The minimum absolute atomic E-state index is 0. The Bertz CT molecular complexity index is 546. The highest BCUT2D eigenvalue weighted by molar-refractivity contribution is 14.0. The Hall–Kier alpha value is -1.12. The number of hydrogen-bond acceptors (Lipinski definition) is 3. The maximum absolute atomic E-state index is 5.66. The number of rotatable bonds is 8. The zero-order valence-electron chi connectivity index (χ0n) is 13.3. The molecule has 2 N–H and O–H groups in total. The average Bonchev–Trinajstić information content (AvgIpc) is 3.06. The van der Waals surface area contributed by atoms with Crippen molar-refractivity contribution < 1.29 is 4.74 Å². The minimum Gasteiger partial charge on any atom is -0.375 e. The minimum atomic E-state index is 0. The van der Waals surface area contributed by atoms with Gasteiger partial charge < -0.3 is 15.4 Å². The fourth-order valence-electron chi connectivity index (χ4n) is 1.91. The van der Waals surface area contributed by atoms with Crippen LogP contribution in [0.1, 0.15) is 17.4 Å². The molecule has 1 aromatic carbocycles. The monoisotopic (exact) mass is 445 g/mol. The van der Waals surface area contributed by atoms with E-state index in [9.17, 15) is 0 Å². The van der Waals surface area contributed by atoms with E-state index in [1.165, 1.54) is 10.4 Å². The standard InChI is InChI=1S/C17H23N3OS.HI/c1-2-18-17(20-13-16-9-6-12-22-16)19-10-11-21-14-15-7-4-3-5-8-15;/h3-9,12H,2,10-11,13-14H2,1H3,(H2,18,19,20);1H. The second-order valence-corrected chi connectivity index (χ2v) is 5.77. The summed E-state index contributed by atoms with van der Waals surface area (Å²) in [7, 11) is 0. The molecule has 126 valence electrons. The molecule has 0 saturated carbocycles. The van der Waals surface area contributed by atoms with E-state index in [0.29, 0.717) is 19.8 Å². The van der Waals surface area contributed by atoms with E-state index in [1.54, 1.807) is 11.3 Å². The number of guanidine groups is 1. The van der Waals surface area contributed by atoms with Gasteiger partial charge in [-0.2, -0.15) is 0 Å². The predicted molar refractivity (Wildman–Crippen MR) is 109 cm³/mol. The molecule has 0 atom stereocenters. The first kappa shape index (κ1) is 19.9. The lowest BCUT2D eigenvalue weighted by atomic mass is 10.2. The molecule has 0 aliphatic heterocycles. The third kappa shape index (κ3) is 8.34. The van der Waals surface area contributed by atoms with E-state index in [4.69, 9.17) is 4.74 Å². The molecule has 4 nitrogen and oxygen atoms in total. The van der Waals surface area contributed by atoms with Gasteiger partial charge in [0.25, 0.3) is 0 Å². The van der Waals surface area contributed by atoms with Crippen molar-refractivity contribution >= 4 is 41.3 Å². The molecule has 0 radical (unpaired) electrons. The first-order valence-electron chi connectivity index (χ1n) is 7.54. The van der Waals surface area contributed by atoms with Gasteiger partial charge in [0, 0.05) is 18.0 Å². The van der Waals surface area contributed by atoms with Crippen LogP contribution in [0.4, 0.5) is 0 Å². The molecule has 0 fully saturated rings. The topological polar surface area (TPSA) is 45.7 Å². The summed E-state index contributed by atoms with van der Waals surface area (Å²) in [5.74, 6) is 0.833. The second kappa shape index (κ2) is 12.3. The van der Waals surface area contributed by atoms with E-state index < -0.39 is 0 Å². The van der Waals surface area contributed by atoms with Gasteiger partial charge in [-0.15, -0.1) is 35.3 Å². The van der Waals surface area contributed by atoms with E-state index in [1.807, 2.05) is 24.3 Å². The number of ether oxygens (including phenoxy) is 1. The predicted octanol–water partition coefficient (Wildman–Crippen LogP) is 3.64. The molecule has 0 bridgehead atoms. The van der Waals surface area contributed by atoms with Gasteiger partial charge in [0.1, 0.15) is 0 Å². The number of nitrogens with one attached hydrogen (secondary N) is 2. The maximum atomic E-state index is 5.66. The Morgan fingerprint density at radius 2 is 1.96 bits per heavy atom. The van der Waals surface area contributed by atoms with Crippen LogP contribution in [0, 0.1) is 0 Å². The number of thiophene rings is 1. The van der Waals surface area contributed by atoms with Crippen LogP contribution >= 0.6 is 35.3 Å². The quantitative estimate of drug-likeness (QED) is 0.282. The fraction of sp³-hybridized carbons (Fsp3) is 0.353. The normalized spacial score (nSPS) is 10.9. The van der Waals surface area contributed by atoms with Crippen LogP contribution in [0.3, 0.4) is 0 Å². The van der Waals surface area contributed by atoms with Crippen molar-refractivity contribution in [3.8, 4) is 0 Å². The summed E-state index contributed by atoms with van der Waals surface area (Å²) in [6.07, 6.45) is 0. The van der Waals surface area contributed by atoms with Crippen molar-refractivity contribution in [1.29, 1.82) is 0 Å². The Morgan fingerprint density at radius 1 is 1.13 bits per heavy atom. The van der Waals surface area contributed by atoms with Crippen molar-refractivity contribution in [2.75, 3.05) is 19.7 Å². The van der Waals surface area contributed by atoms with Crippen molar-refractivity contribution in [2.24, 2.45) is 4.99 Å². The molecular formula is C17H24IN3OS. The van der Waals surface area contributed by atoms with Gasteiger partial charge in [-0.1, -0.05) is 36.4 Å². The molecule has 0 spiro atoms. The summed E-state index contributed by atoms with van der Waals surface area (Å²) in [5, 5.41) is 8.60. The molecule has 0 aliphatic rings. The summed E-state index contributed by atoms with van der Waals surface area (Å²) >= 11 is 1.73. The van der Waals surface area contributed by atoms with Crippen LogP contribution < -0.4 is 10.6 Å². The number of benzene rings is 1. The highest BCUT2D eigenvalue weighted by atomic mass is 127. The first-order chi connectivity index (χ1) is 10.9. The summed E-state index contributed by atoms with van der Waals surface area (Å²) in [4.78, 5) is 5.82. The van der Waals surface area contributed by atoms with Crippen molar-refractivity contribution in [3.05, 3.63) is 58.3 Å². The van der Waals surface area contributed by atoms with Gasteiger partial charge in [0.2, 0.25) is 0 Å². The number of aliphatic imine (C=N–C) groups is 1. The first-order valence-corrected chi connectivity index (χ1v) is 8.42. The van der Waals surface area contributed by atoms with E-state index in [-0.39, 0.29) is 24.0 Å². The van der Waals surface area contributed by atoms with E-state index in [0.717, 1.165) is 19.0 Å². The number of hydrogen-bond donors (Lipinski definition) is 2. The number of nitrogens with zero attached hydrogens (tertiary/aromatic N) is 1. The zero-order valence-corrected chi connectivity index (χ0v) is 16.5. The average molecular weight is 445 g/mol. The molecule has 0 saturated heterocycles. The van der Waals surface area contributed by atoms with Gasteiger partial charge in [-0.3, -0.25) is 0 Å². The van der Waals surface area contributed by atoms with Gasteiger partial charge in [0.15, 0.2) is 5.96 Å². The molecule has 23 heavy (non-hydrogen) atoms. The Kier molecular flexibility index (Phi) is 10.7. The van der Waals surface area contributed by atoms with E-state index in [2.05, 4.69) is 46.1 Å². The molecule has 0 aliphatic carbocycles. The van der Waals surface area contributed by atoms with Crippen LogP contribution in [0.25, 0.3) is 0 Å². The van der Waals surface area contributed by atoms with E-state index >= 15 is 0 Å². The van der Waals surface area contributed by atoms with Crippen LogP contribution in [0.5, 0.6) is 0 Å². The van der Waals surface area contributed by atoms with Crippen molar-refractivity contribution in [1.82, 2.24) is 10.6 Å². The van der Waals surface area contributed by atoms with Gasteiger partial charge in [0.05, 0.1) is 19.8 Å². The lowest BCUT2D eigenvalue weighted by Gasteiger charge is -2.11. The molecule has 2 rings (SSSR count). The van der Waals surface area contributed by atoms with Gasteiger partial charge in [-0.05, 0) is 23.9 Å². The molecule has 1 heterocycles. The SMILES string of the molecule is CCNC(=NCc1cccs1)NCCOCc1ccccc1.I. The summed E-state index contributed by atoms with van der Waals surface area (Å²) < 4.78 is 5.66. The van der Waals surface area contributed by atoms with Gasteiger partial charge >= 0.3 is 0 Å². The molecule has 0 unspecified atom stereocenters. The van der Waals surface area contributed by atoms with Gasteiger partial charge in [-0.25, -0.2) is 4.99 Å². The number of halogens is 1. The van der Waals surface area contributed by atoms with Crippen LogP contribution in [0.15, 0.2) is 52.8 Å². The third-order valence-corrected chi connectivity index (χ3v) is 3.83. The van der Waals surface area contributed by atoms with Crippen molar-refractivity contribution in [3.63, 3.8) is 0 Å². The highest BCUT2D eigenvalue weighted by Gasteiger charge is 1.98. The second-order valence-electron chi connectivity index (χ2n) is 4.74. The molecular weight excluding hydrogens is 421 g/mol. The van der Waals surface area contributed by atoms with Crippen molar-refractivity contribution in [2.45, 2.75) is 20.1 Å². The highest BCUT2D eigenvalue weighted by Crippen LogP contribution is 2.09. The third-order valence-electron chi connectivity index (χ3n) is 2.97. The summed E-state index contributed by atoms with van der Waals surface area (Å²) in [6, 6.07) is 14.3. The molecule has 0 amide bonds. The molecule has 6 heteroatoms. The summed E-state index contributed by atoms with van der Waals surface area (Å²) in [6.45, 7) is 5.65. The van der Waals surface area contributed by atoms with Crippen LogP contribution in [-0.2, 0) is 17.9 Å². The molecule has 1 aromatic heterocycles. The lowest BCUT2D eigenvalue weighted by Crippen LogP contribution is -2.38. The lowest BCUT2D eigenvalue weighted by molar-refractivity contribution is 0.125. The largest absolute Gasteiger partial charge is 0.375 e. The zero-order chi connectivity index (χ0) is 15.5. The Balaban J connectivity index is 0.00000264. The Labute approximate surface area is 159 Å². The maximum Gasteiger partial charge on any atom is 0.191 e. The molecule has 2 aromatic rings. The fourth-order valence-corrected chi connectivity index (χ4v) is 2.54. The van der Waals surface area contributed by atoms with Crippen LogP contribution in [0.2, 0.25) is 0 Å². The Morgan fingerprint density at radius 3 is 2.65 bits per heavy atom. The summed E-state index contributed by atoms with van der Waals surface area (Å²) in [5.41, 5.74) is 1.20. The van der Waals surface area contributed by atoms with Crippen LogP contribution in [-0.4, -0.2) is 25.7 Å².